The van der Waals surface area contributed by atoms with Crippen LogP contribution in [-0.4, -0.2) is 37.2 Å². The summed E-state index contributed by atoms with van der Waals surface area (Å²) in [5, 5.41) is 0. The molecule has 364 valence electrons. The molecule has 6 heteroatoms. The third-order valence-corrected chi connectivity index (χ3v) is 10.8. The van der Waals surface area contributed by atoms with E-state index in [0.717, 1.165) is 135 Å². The van der Waals surface area contributed by atoms with Crippen molar-refractivity contribution in [3.8, 4) is 0 Å². The molecule has 1 atom stereocenters. The summed E-state index contributed by atoms with van der Waals surface area (Å²) >= 11 is 0. The standard InChI is InChI=1S/C58H96O6/c1-4-7-10-13-16-19-22-25-27-28-29-30-31-34-36-39-42-45-48-51-57(60)63-54-55(53-62-56(59)50-47-44-41-38-35-32-24-21-18-15-12-9-6-3)64-58(61)52-49-46-43-40-37-33-26-23-20-17-14-11-8-5-2/h7,10,14,16-17,19,21,23-27,29-30,34,36,55H,4-6,8-9,11-13,15,18,20,22,28,31-33,35,37-54H2,1-3H3/b10-7+,17-14+,19-16+,24-21+,26-23+,27-25+,30-29+,36-34+/t55-/m1/s1. The van der Waals surface area contributed by atoms with Crippen LogP contribution in [0.5, 0.6) is 0 Å². The lowest BCUT2D eigenvalue weighted by Gasteiger charge is -2.18. The first-order valence-electron chi connectivity index (χ1n) is 26.2. The molecule has 0 bridgehead atoms. The van der Waals surface area contributed by atoms with Crippen molar-refractivity contribution in [2.24, 2.45) is 0 Å². The predicted molar refractivity (Wildman–Crippen MR) is 274 cm³/mol. The average Bonchev–Trinajstić information content (AvgIpc) is 3.29. The lowest BCUT2D eigenvalue weighted by Crippen LogP contribution is -2.30. The molecule has 0 amide bonds. The highest BCUT2D eigenvalue weighted by atomic mass is 16.6. The van der Waals surface area contributed by atoms with Crippen molar-refractivity contribution in [3.63, 3.8) is 0 Å². The van der Waals surface area contributed by atoms with E-state index >= 15 is 0 Å². The van der Waals surface area contributed by atoms with E-state index in [-0.39, 0.29) is 31.1 Å². The van der Waals surface area contributed by atoms with Crippen LogP contribution >= 0.6 is 0 Å². The van der Waals surface area contributed by atoms with E-state index in [2.05, 4.69) is 118 Å². The summed E-state index contributed by atoms with van der Waals surface area (Å²) in [5.74, 6) is -0.958. The fraction of sp³-hybridized carbons (Fsp3) is 0.672. The van der Waals surface area contributed by atoms with Crippen molar-refractivity contribution in [2.75, 3.05) is 13.2 Å². The molecular formula is C58H96O6. The molecule has 0 aromatic rings. The van der Waals surface area contributed by atoms with Crippen molar-refractivity contribution in [1.29, 1.82) is 0 Å². The second-order valence-electron chi connectivity index (χ2n) is 17.0. The summed E-state index contributed by atoms with van der Waals surface area (Å²) in [4.78, 5) is 38.0. The Balaban J connectivity index is 4.48. The highest BCUT2D eigenvalue weighted by Crippen LogP contribution is 2.13. The molecule has 0 aromatic heterocycles. The third-order valence-electron chi connectivity index (χ3n) is 10.8. The van der Waals surface area contributed by atoms with Crippen LogP contribution in [0.4, 0.5) is 0 Å². The normalized spacial score (nSPS) is 12.9. The number of allylic oxidation sites excluding steroid dienone is 16. The molecular weight excluding hydrogens is 793 g/mol. The molecule has 0 unspecified atom stereocenters. The molecule has 0 heterocycles. The van der Waals surface area contributed by atoms with Gasteiger partial charge in [0.05, 0.1) is 0 Å². The Kier molecular flexibility index (Phi) is 49.0. The Labute approximate surface area is 394 Å². The molecule has 0 aliphatic rings. The first kappa shape index (κ1) is 60.3. The summed E-state index contributed by atoms with van der Waals surface area (Å²) in [7, 11) is 0. The maximum atomic E-state index is 12.8. The molecule has 0 fully saturated rings. The Morgan fingerprint density at radius 1 is 0.328 bits per heavy atom. The zero-order chi connectivity index (χ0) is 46.5. The van der Waals surface area contributed by atoms with E-state index < -0.39 is 6.10 Å². The van der Waals surface area contributed by atoms with Gasteiger partial charge in [-0.1, -0.05) is 195 Å². The minimum atomic E-state index is -0.802. The van der Waals surface area contributed by atoms with Crippen molar-refractivity contribution in [2.45, 2.75) is 239 Å². The number of unbranched alkanes of at least 4 members (excludes halogenated alkanes) is 19. The van der Waals surface area contributed by atoms with E-state index in [1.807, 2.05) is 0 Å². The van der Waals surface area contributed by atoms with Crippen LogP contribution in [0.15, 0.2) is 97.2 Å². The van der Waals surface area contributed by atoms with Gasteiger partial charge in [-0.05, 0) is 116 Å². The van der Waals surface area contributed by atoms with E-state index in [1.54, 1.807) is 0 Å². The van der Waals surface area contributed by atoms with E-state index in [4.69, 9.17) is 14.2 Å². The Bertz CT molecular complexity index is 1300. The molecule has 0 saturated carbocycles. The highest BCUT2D eigenvalue weighted by molar-refractivity contribution is 5.71. The first-order chi connectivity index (χ1) is 31.5. The molecule has 0 saturated heterocycles. The summed E-state index contributed by atoms with van der Waals surface area (Å²) in [6, 6.07) is 0. The Morgan fingerprint density at radius 2 is 0.625 bits per heavy atom. The van der Waals surface area contributed by atoms with Crippen LogP contribution in [-0.2, 0) is 28.6 Å². The topological polar surface area (TPSA) is 78.9 Å². The van der Waals surface area contributed by atoms with Gasteiger partial charge < -0.3 is 14.2 Å². The minimum absolute atomic E-state index is 0.0993. The van der Waals surface area contributed by atoms with Crippen LogP contribution in [0.2, 0.25) is 0 Å². The summed E-state index contributed by atoms with van der Waals surface area (Å²) in [6.45, 7) is 6.41. The van der Waals surface area contributed by atoms with Gasteiger partial charge in [-0.3, -0.25) is 14.4 Å². The average molecular weight is 889 g/mol. The number of carbonyl (C=O) groups is 3. The number of carbonyl (C=O) groups excluding carboxylic acids is 3. The second kappa shape index (κ2) is 52.0. The quantitative estimate of drug-likeness (QED) is 0.0262. The third kappa shape index (κ3) is 49.3. The van der Waals surface area contributed by atoms with Gasteiger partial charge in [0.2, 0.25) is 0 Å². The molecule has 0 aliphatic heterocycles. The first-order valence-corrected chi connectivity index (χ1v) is 26.2. The SMILES string of the molecule is CC/C=C/C/C=C/C/C=C/C/C=C/C/C=C/CCCCCC(=O)OC[C@@H](COC(=O)CCCCCCC/C=C/CCCCCC)OC(=O)CCCCCCC/C=C/C/C=C/CCCC. The zero-order valence-corrected chi connectivity index (χ0v) is 41.5. The summed E-state index contributed by atoms with van der Waals surface area (Å²) in [6.07, 6.45) is 68.1. The van der Waals surface area contributed by atoms with Crippen LogP contribution in [0.3, 0.4) is 0 Å². The number of hydrogen-bond donors (Lipinski definition) is 0. The lowest BCUT2D eigenvalue weighted by atomic mass is 10.1. The fourth-order valence-electron chi connectivity index (χ4n) is 6.83. The Morgan fingerprint density at radius 3 is 1.03 bits per heavy atom. The van der Waals surface area contributed by atoms with Crippen LogP contribution in [0, 0.1) is 0 Å². The van der Waals surface area contributed by atoms with Gasteiger partial charge >= 0.3 is 17.9 Å². The van der Waals surface area contributed by atoms with Crippen LogP contribution in [0.1, 0.15) is 233 Å². The predicted octanol–water partition coefficient (Wildman–Crippen LogP) is 17.4. The number of hydrogen-bond acceptors (Lipinski definition) is 6. The lowest BCUT2D eigenvalue weighted by molar-refractivity contribution is -0.167. The number of ether oxygens (including phenoxy) is 3. The van der Waals surface area contributed by atoms with Gasteiger partial charge in [-0.25, -0.2) is 0 Å². The van der Waals surface area contributed by atoms with Gasteiger partial charge in [-0.2, -0.15) is 0 Å². The molecule has 6 nitrogen and oxygen atoms in total. The molecule has 0 aromatic carbocycles. The summed E-state index contributed by atoms with van der Waals surface area (Å²) in [5.41, 5.74) is 0. The van der Waals surface area contributed by atoms with Gasteiger partial charge in [-0.15, -0.1) is 0 Å². The number of rotatable bonds is 46. The van der Waals surface area contributed by atoms with Gasteiger partial charge in [0, 0.05) is 19.3 Å². The van der Waals surface area contributed by atoms with Crippen LogP contribution < -0.4 is 0 Å². The van der Waals surface area contributed by atoms with Gasteiger partial charge in [0.1, 0.15) is 13.2 Å². The zero-order valence-electron chi connectivity index (χ0n) is 41.5. The largest absolute Gasteiger partial charge is 0.462 e. The van der Waals surface area contributed by atoms with Crippen LogP contribution in [0.25, 0.3) is 0 Å². The van der Waals surface area contributed by atoms with E-state index in [0.29, 0.717) is 19.3 Å². The van der Waals surface area contributed by atoms with Crippen molar-refractivity contribution in [1.82, 2.24) is 0 Å². The van der Waals surface area contributed by atoms with Crippen molar-refractivity contribution in [3.05, 3.63) is 97.2 Å². The molecule has 0 aliphatic carbocycles. The summed E-state index contributed by atoms with van der Waals surface area (Å²) < 4.78 is 16.8. The van der Waals surface area contributed by atoms with Crippen molar-refractivity contribution >= 4 is 17.9 Å². The van der Waals surface area contributed by atoms with E-state index in [1.165, 1.54) is 57.8 Å². The van der Waals surface area contributed by atoms with Gasteiger partial charge in [0.25, 0.3) is 0 Å². The monoisotopic (exact) mass is 889 g/mol. The minimum Gasteiger partial charge on any atom is -0.462 e. The van der Waals surface area contributed by atoms with E-state index in [9.17, 15) is 14.4 Å². The molecule has 0 spiro atoms. The molecule has 64 heavy (non-hydrogen) atoms. The molecule has 0 N–H and O–H groups in total. The maximum Gasteiger partial charge on any atom is 0.306 e. The second-order valence-corrected chi connectivity index (χ2v) is 17.0. The van der Waals surface area contributed by atoms with Gasteiger partial charge in [0.15, 0.2) is 6.10 Å². The fourth-order valence-corrected chi connectivity index (χ4v) is 6.83. The molecule has 0 rings (SSSR count). The molecule has 0 radical (unpaired) electrons. The maximum absolute atomic E-state index is 12.8. The highest BCUT2D eigenvalue weighted by Gasteiger charge is 2.19. The number of esters is 3. The smallest absolute Gasteiger partial charge is 0.306 e. The van der Waals surface area contributed by atoms with Crippen molar-refractivity contribution < 1.29 is 28.6 Å². The Hall–Kier alpha value is -3.67.